The molecule has 2 aliphatic rings. The molecule has 3 unspecified atom stereocenters. The highest BCUT2D eigenvalue weighted by atomic mass is 16.5. The van der Waals surface area contributed by atoms with Crippen LogP contribution in [0.4, 0.5) is 0 Å². The van der Waals surface area contributed by atoms with E-state index < -0.39 is 0 Å². The number of aliphatic imine (C=N–C) groups is 1. The van der Waals surface area contributed by atoms with Crippen LogP contribution in [0.1, 0.15) is 37.9 Å². The molecular formula is C22H30N4O2. The van der Waals surface area contributed by atoms with Crippen molar-refractivity contribution in [2.45, 2.75) is 52.3 Å². The standard InChI is InChI=1S/C22H30N4O2/c1-14-7-9-15(10-8-14)20-25-16(13-28-20)12-24-21(23-4)26-18-17-6-5-11-27-19(17)22(18,2)3/h7-10,13,17-19H,5-6,11-12H2,1-4H3,(H2,23,24,26). The molecule has 3 atom stereocenters. The highest BCUT2D eigenvalue weighted by Gasteiger charge is 2.58. The molecule has 0 bridgehead atoms. The van der Waals surface area contributed by atoms with Gasteiger partial charge < -0.3 is 19.8 Å². The number of rotatable bonds is 4. The van der Waals surface area contributed by atoms with Crippen molar-refractivity contribution in [2.75, 3.05) is 13.7 Å². The fourth-order valence-electron chi connectivity index (χ4n) is 4.55. The van der Waals surface area contributed by atoms with Gasteiger partial charge in [-0.3, -0.25) is 4.99 Å². The number of aryl methyl sites for hydroxylation is 1. The van der Waals surface area contributed by atoms with E-state index in [-0.39, 0.29) is 5.41 Å². The van der Waals surface area contributed by atoms with E-state index in [1.165, 1.54) is 12.0 Å². The van der Waals surface area contributed by atoms with Crippen molar-refractivity contribution >= 4 is 5.96 Å². The van der Waals surface area contributed by atoms with Crippen LogP contribution in [-0.2, 0) is 11.3 Å². The van der Waals surface area contributed by atoms with Crippen LogP contribution in [0.5, 0.6) is 0 Å². The predicted molar refractivity (Wildman–Crippen MR) is 110 cm³/mol. The van der Waals surface area contributed by atoms with Crippen LogP contribution < -0.4 is 10.6 Å². The predicted octanol–water partition coefficient (Wildman–Crippen LogP) is 3.52. The van der Waals surface area contributed by atoms with Crippen LogP contribution in [0.2, 0.25) is 0 Å². The van der Waals surface area contributed by atoms with Gasteiger partial charge in [0, 0.05) is 36.6 Å². The third-order valence-corrected chi connectivity index (χ3v) is 6.13. The minimum atomic E-state index is 0.106. The van der Waals surface area contributed by atoms with Crippen LogP contribution in [0.3, 0.4) is 0 Å². The third kappa shape index (κ3) is 3.53. The Bertz CT molecular complexity index is 840. The Morgan fingerprint density at radius 3 is 2.82 bits per heavy atom. The molecule has 2 aromatic rings. The number of hydrogen-bond donors (Lipinski definition) is 2. The van der Waals surface area contributed by atoms with E-state index >= 15 is 0 Å². The van der Waals surface area contributed by atoms with Gasteiger partial charge in [-0.15, -0.1) is 0 Å². The second-order valence-electron chi connectivity index (χ2n) is 8.48. The van der Waals surface area contributed by atoms with E-state index in [1.807, 2.05) is 12.1 Å². The van der Waals surface area contributed by atoms with Crippen molar-refractivity contribution in [3.05, 3.63) is 41.8 Å². The summed E-state index contributed by atoms with van der Waals surface area (Å²) < 4.78 is 11.6. The van der Waals surface area contributed by atoms with Gasteiger partial charge in [0.25, 0.3) is 0 Å². The van der Waals surface area contributed by atoms with Gasteiger partial charge in [0.05, 0.1) is 18.3 Å². The molecule has 2 fully saturated rings. The number of ether oxygens (including phenoxy) is 1. The lowest BCUT2D eigenvalue weighted by Crippen LogP contribution is -2.71. The lowest BCUT2D eigenvalue weighted by atomic mass is 9.55. The van der Waals surface area contributed by atoms with Crippen LogP contribution in [0, 0.1) is 18.3 Å². The van der Waals surface area contributed by atoms with Gasteiger partial charge in [0.15, 0.2) is 5.96 Å². The summed E-state index contributed by atoms with van der Waals surface area (Å²) in [5, 5.41) is 6.98. The number of guanidine groups is 1. The molecule has 0 amide bonds. The van der Waals surface area contributed by atoms with Gasteiger partial charge in [-0.1, -0.05) is 31.5 Å². The Hall–Kier alpha value is -2.34. The van der Waals surface area contributed by atoms with Crippen LogP contribution in [0.25, 0.3) is 11.5 Å². The molecule has 1 aromatic heterocycles. The SMILES string of the molecule is CN=C(NCc1coc(-c2ccc(C)cc2)n1)NC1C2CCCOC2C1(C)C. The third-order valence-electron chi connectivity index (χ3n) is 6.13. The number of aromatic nitrogens is 1. The first-order valence-electron chi connectivity index (χ1n) is 10.1. The summed E-state index contributed by atoms with van der Waals surface area (Å²) in [6, 6.07) is 8.54. The number of hydrogen-bond acceptors (Lipinski definition) is 4. The molecule has 28 heavy (non-hydrogen) atoms. The Balaban J connectivity index is 1.36. The second kappa shape index (κ2) is 7.59. The number of nitrogens with one attached hydrogen (secondary N) is 2. The summed E-state index contributed by atoms with van der Waals surface area (Å²) in [5.74, 6) is 1.99. The highest BCUT2D eigenvalue weighted by molar-refractivity contribution is 5.80. The smallest absolute Gasteiger partial charge is 0.226 e. The summed E-state index contributed by atoms with van der Waals surface area (Å²) in [4.78, 5) is 8.99. The topological polar surface area (TPSA) is 71.7 Å². The summed E-state index contributed by atoms with van der Waals surface area (Å²) in [6.45, 7) is 8.07. The normalized spacial score (nSPS) is 26.3. The average molecular weight is 383 g/mol. The van der Waals surface area contributed by atoms with Crippen LogP contribution in [-0.4, -0.2) is 36.7 Å². The summed E-state index contributed by atoms with van der Waals surface area (Å²) >= 11 is 0. The van der Waals surface area contributed by atoms with Crippen molar-refractivity contribution < 1.29 is 9.15 Å². The largest absolute Gasteiger partial charge is 0.444 e. The fraction of sp³-hybridized carbons (Fsp3) is 0.545. The number of benzene rings is 1. The van der Waals surface area contributed by atoms with Gasteiger partial charge in [-0.05, 0) is 31.9 Å². The Kier molecular flexibility index (Phi) is 5.15. The lowest BCUT2D eigenvalue weighted by Gasteiger charge is -2.60. The molecule has 0 spiro atoms. The molecule has 2 N–H and O–H groups in total. The average Bonchev–Trinajstić information content (AvgIpc) is 3.17. The quantitative estimate of drug-likeness (QED) is 0.625. The molecular weight excluding hydrogens is 352 g/mol. The number of nitrogens with zero attached hydrogens (tertiary/aromatic N) is 2. The molecule has 4 rings (SSSR count). The van der Waals surface area contributed by atoms with Crippen LogP contribution >= 0.6 is 0 Å². The molecule has 6 heteroatoms. The second-order valence-corrected chi connectivity index (χ2v) is 8.48. The van der Waals surface area contributed by atoms with Gasteiger partial charge in [0.1, 0.15) is 6.26 Å². The van der Waals surface area contributed by atoms with Crippen molar-refractivity contribution in [3.63, 3.8) is 0 Å². The Morgan fingerprint density at radius 1 is 1.29 bits per heavy atom. The first-order chi connectivity index (χ1) is 13.5. The molecule has 1 saturated heterocycles. The minimum absolute atomic E-state index is 0.106. The van der Waals surface area contributed by atoms with E-state index in [9.17, 15) is 0 Å². The van der Waals surface area contributed by atoms with Crippen LogP contribution in [0.15, 0.2) is 39.9 Å². The van der Waals surface area contributed by atoms with Crippen molar-refractivity contribution in [3.8, 4) is 11.5 Å². The van der Waals surface area contributed by atoms with Gasteiger partial charge in [-0.25, -0.2) is 4.98 Å². The Labute approximate surface area is 166 Å². The van der Waals surface area contributed by atoms with E-state index in [0.717, 1.165) is 30.2 Å². The van der Waals surface area contributed by atoms with Gasteiger partial charge in [-0.2, -0.15) is 0 Å². The first-order valence-corrected chi connectivity index (χ1v) is 10.1. The number of oxazole rings is 1. The zero-order chi connectivity index (χ0) is 19.7. The van der Waals surface area contributed by atoms with E-state index in [1.54, 1.807) is 13.3 Å². The van der Waals surface area contributed by atoms with Crippen molar-refractivity contribution in [1.82, 2.24) is 15.6 Å². The molecule has 1 saturated carbocycles. The van der Waals surface area contributed by atoms with E-state index in [4.69, 9.17) is 9.15 Å². The molecule has 2 heterocycles. The lowest BCUT2D eigenvalue weighted by molar-refractivity contribution is -0.188. The Morgan fingerprint density at radius 2 is 2.07 bits per heavy atom. The maximum Gasteiger partial charge on any atom is 0.226 e. The first kappa shape index (κ1) is 19.0. The van der Waals surface area contributed by atoms with Gasteiger partial charge in [0.2, 0.25) is 5.89 Å². The van der Waals surface area contributed by atoms with Crippen molar-refractivity contribution in [1.29, 1.82) is 0 Å². The van der Waals surface area contributed by atoms with Crippen molar-refractivity contribution in [2.24, 2.45) is 16.3 Å². The molecule has 1 aromatic carbocycles. The molecule has 6 nitrogen and oxygen atoms in total. The summed E-state index contributed by atoms with van der Waals surface area (Å²) in [5.41, 5.74) is 3.16. The zero-order valence-corrected chi connectivity index (χ0v) is 17.2. The van der Waals surface area contributed by atoms with E-state index in [0.29, 0.717) is 30.5 Å². The number of fused-ring (bicyclic) bond motifs is 1. The molecule has 1 aliphatic heterocycles. The molecule has 1 aliphatic carbocycles. The zero-order valence-electron chi connectivity index (χ0n) is 17.2. The summed E-state index contributed by atoms with van der Waals surface area (Å²) in [6.07, 6.45) is 4.41. The maximum atomic E-state index is 6.00. The maximum absolute atomic E-state index is 6.00. The van der Waals surface area contributed by atoms with Gasteiger partial charge >= 0.3 is 0 Å². The molecule has 150 valence electrons. The monoisotopic (exact) mass is 382 g/mol. The minimum Gasteiger partial charge on any atom is -0.444 e. The van der Waals surface area contributed by atoms with E-state index in [2.05, 4.69) is 53.5 Å². The summed E-state index contributed by atoms with van der Waals surface area (Å²) in [7, 11) is 1.80. The molecule has 0 radical (unpaired) electrons. The highest BCUT2D eigenvalue weighted by Crippen LogP contribution is 2.51. The fourth-order valence-corrected chi connectivity index (χ4v) is 4.55.